The quantitative estimate of drug-likeness (QED) is 0.846. The first kappa shape index (κ1) is 13.6. The van der Waals surface area contributed by atoms with Crippen LogP contribution in [0.5, 0.6) is 0 Å². The SMILES string of the molecule is CNC(Cc1ccc(C2=NCCN2)cc1)N1CCCC1. The van der Waals surface area contributed by atoms with Gasteiger partial charge in [-0.1, -0.05) is 24.3 Å². The van der Waals surface area contributed by atoms with Gasteiger partial charge in [0, 0.05) is 18.5 Å². The van der Waals surface area contributed by atoms with E-state index in [1.54, 1.807) is 0 Å². The van der Waals surface area contributed by atoms with Crippen LogP contribution in [0, 0.1) is 0 Å². The summed E-state index contributed by atoms with van der Waals surface area (Å²) in [6.45, 7) is 4.32. The number of nitrogens with one attached hydrogen (secondary N) is 2. The minimum absolute atomic E-state index is 0.463. The molecule has 1 aromatic carbocycles. The van der Waals surface area contributed by atoms with Crippen LogP contribution in [0.2, 0.25) is 0 Å². The molecule has 4 heteroatoms. The van der Waals surface area contributed by atoms with Gasteiger partial charge >= 0.3 is 0 Å². The van der Waals surface area contributed by atoms with Gasteiger partial charge in [0.15, 0.2) is 0 Å². The van der Waals surface area contributed by atoms with E-state index in [9.17, 15) is 0 Å². The fourth-order valence-corrected chi connectivity index (χ4v) is 3.08. The Kier molecular flexibility index (Phi) is 4.33. The maximum absolute atomic E-state index is 4.46. The summed E-state index contributed by atoms with van der Waals surface area (Å²) in [6, 6.07) is 8.84. The van der Waals surface area contributed by atoms with Gasteiger partial charge in [0.05, 0.1) is 12.7 Å². The molecule has 1 aromatic rings. The Morgan fingerprint density at radius 3 is 2.60 bits per heavy atom. The molecule has 108 valence electrons. The van der Waals surface area contributed by atoms with Crippen molar-refractivity contribution in [2.24, 2.45) is 4.99 Å². The number of nitrogens with zero attached hydrogens (tertiary/aromatic N) is 2. The zero-order chi connectivity index (χ0) is 13.8. The molecule has 1 saturated heterocycles. The number of rotatable bonds is 5. The molecule has 2 heterocycles. The summed E-state index contributed by atoms with van der Waals surface area (Å²) in [5.74, 6) is 1.04. The summed E-state index contributed by atoms with van der Waals surface area (Å²) in [4.78, 5) is 7.01. The third-order valence-electron chi connectivity index (χ3n) is 4.25. The third kappa shape index (κ3) is 3.02. The molecule has 3 rings (SSSR count). The molecular formula is C16H24N4. The van der Waals surface area contributed by atoms with Crippen LogP contribution in [0.15, 0.2) is 29.3 Å². The maximum Gasteiger partial charge on any atom is 0.128 e. The Morgan fingerprint density at radius 2 is 2.00 bits per heavy atom. The third-order valence-corrected chi connectivity index (χ3v) is 4.25. The first-order chi connectivity index (χ1) is 9.86. The van der Waals surface area contributed by atoms with Gasteiger partial charge in [-0.05, 0) is 38.5 Å². The predicted molar refractivity (Wildman–Crippen MR) is 83.2 cm³/mol. The van der Waals surface area contributed by atoms with Crippen molar-refractivity contribution >= 4 is 5.84 Å². The largest absolute Gasteiger partial charge is 0.368 e. The highest BCUT2D eigenvalue weighted by Crippen LogP contribution is 2.15. The topological polar surface area (TPSA) is 39.7 Å². The van der Waals surface area contributed by atoms with E-state index in [1.165, 1.54) is 37.1 Å². The van der Waals surface area contributed by atoms with Crippen LogP contribution < -0.4 is 10.6 Å². The van der Waals surface area contributed by atoms with Crippen LogP contribution in [0.3, 0.4) is 0 Å². The molecule has 4 nitrogen and oxygen atoms in total. The van der Waals surface area contributed by atoms with Crippen LogP contribution in [-0.2, 0) is 6.42 Å². The first-order valence-electron chi connectivity index (χ1n) is 7.66. The molecule has 0 saturated carbocycles. The minimum Gasteiger partial charge on any atom is -0.368 e. The second kappa shape index (κ2) is 6.37. The molecule has 1 fully saturated rings. The van der Waals surface area contributed by atoms with Gasteiger partial charge in [-0.2, -0.15) is 0 Å². The van der Waals surface area contributed by atoms with Crippen LogP contribution in [-0.4, -0.2) is 50.1 Å². The lowest BCUT2D eigenvalue weighted by atomic mass is 10.1. The Labute approximate surface area is 121 Å². The molecule has 0 spiro atoms. The fourth-order valence-electron chi connectivity index (χ4n) is 3.08. The van der Waals surface area contributed by atoms with Crippen molar-refractivity contribution < 1.29 is 0 Å². The van der Waals surface area contributed by atoms with Crippen molar-refractivity contribution in [2.45, 2.75) is 25.4 Å². The first-order valence-corrected chi connectivity index (χ1v) is 7.66. The minimum atomic E-state index is 0.463. The molecule has 0 radical (unpaired) electrons. The van der Waals surface area contributed by atoms with Crippen LogP contribution in [0.4, 0.5) is 0 Å². The standard InChI is InChI=1S/C16H24N4/c1-17-15(20-10-2-3-11-20)12-13-4-6-14(7-5-13)16-18-8-9-19-16/h4-7,15,17H,2-3,8-12H2,1H3,(H,18,19). The van der Waals surface area contributed by atoms with E-state index in [4.69, 9.17) is 0 Å². The molecule has 0 bridgehead atoms. The Bertz CT molecular complexity index is 460. The summed E-state index contributed by atoms with van der Waals surface area (Å²) >= 11 is 0. The number of benzene rings is 1. The van der Waals surface area contributed by atoms with Gasteiger partial charge in [-0.15, -0.1) is 0 Å². The number of likely N-dealkylation sites (N-methyl/N-ethyl adjacent to an activating group) is 1. The fraction of sp³-hybridized carbons (Fsp3) is 0.562. The van der Waals surface area contributed by atoms with Gasteiger partial charge in [0.1, 0.15) is 5.84 Å². The maximum atomic E-state index is 4.46. The molecule has 2 aliphatic heterocycles. The Morgan fingerprint density at radius 1 is 1.25 bits per heavy atom. The highest BCUT2D eigenvalue weighted by Gasteiger charge is 2.20. The molecule has 2 aliphatic rings. The van der Waals surface area contributed by atoms with Crippen LogP contribution in [0.25, 0.3) is 0 Å². The van der Waals surface area contributed by atoms with Crippen molar-refractivity contribution in [3.05, 3.63) is 35.4 Å². The summed E-state index contributed by atoms with van der Waals surface area (Å²) in [6.07, 6.45) is 4.20. The van der Waals surface area contributed by atoms with Gasteiger partial charge in [-0.3, -0.25) is 9.89 Å². The highest BCUT2D eigenvalue weighted by atomic mass is 15.3. The Balaban J connectivity index is 1.64. The normalized spacial score (nSPS) is 20.8. The second-order valence-electron chi connectivity index (χ2n) is 5.61. The van der Waals surface area contributed by atoms with E-state index in [0.29, 0.717) is 6.17 Å². The Hall–Kier alpha value is -1.39. The summed E-state index contributed by atoms with van der Waals surface area (Å²) in [5.41, 5.74) is 2.59. The molecule has 0 aliphatic carbocycles. The zero-order valence-corrected chi connectivity index (χ0v) is 12.2. The molecule has 0 amide bonds. The number of likely N-dealkylation sites (tertiary alicyclic amines) is 1. The van der Waals surface area contributed by atoms with Crippen molar-refractivity contribution in [1.29, 1.82) is 0 Å². The molecular weight excluding hydrogens is 248 g/mol. The molecule has 0 aromatic heterocycles. The number of hydrogen-bond donors (Lipinski definition) is 2. The van der Waals surface area contributed by atoms with Crippen LogP contribution in [0.1, 0.15) is 24.0 Å². The van der Waals surface area contributed by atoms with E-state index in [2.05, 4.69) is 51.8 Å². The number of aliphatic imine (C=N–C) groups is 1. The predicted octanol–water partition coefficient (Wildman–Crippen LogP) is 1.22. The lowest BCUT2D eigenvalue weighted by Crippen LogP contribution is -2.43. The molecule has 1 unspecified atom stereocenters. The number of hydrogen-bond acceptors (Lipinski definition) is 4. The summed E-state index contributed by atoms with van der Waals surface area (Å²) < 4.78 is 0. The zero-order valence-electron chi connectivity index (χ0n) is 12.2. The molecule has 2 N–H and O–H groups in total. The lowest BCUT2D eigenvalue weighted by Gasteiger charge is -2.27. The average molecular weight is 272 g/mol. The molecule has 1 atom stereocenters. The van der Waals surface area contributed by atoms with Gasteiger partial charge in [0.2, 0.25) is 0 Å². The summed E-state index contributed by atoms with van der Waals surface area (Å²) in [7, 11) is 2.06. The summed E-state index contributed by atoms with van der Waals surface area (Å²) in [5, 5.41) is 6.77. The van der Waals surface area contributed by atoms with Crippen LogP contribution >= 0.6 is 0 Å². The van der Waals surface area contributed by atoms with Crippen molar-refractivity contribution in [2.75, 3.05) is 33.2 Å². The highest BCUT2D eigenvalue weighted by molar-refractivity contribution is 5.99. The lowest BCUT2D eigenvalue weighted by molar-refractivity contribution is 0.212. The van der Waals surface area contributed by atoms with Crippen molar-refractivity contribution in [3.63, 3.8) is 0 Å². The molecule has 20 heavy (non-hydrogen) atoms. The van der Waals surface area contributed by atoms with E-state index in [1.807, 2.05) is 0 Å². The van der Waals surface area contributed by atoms with E-state index in [-0.39, 0.29) is 0 Å². The van der Waals surface area contributed by atoms with Crippen molar-refractivity contribution in [1.82, 2.24) is 15.5 Å². The number of amidine groups is 1. The average Bonchev–Trinajstić information content (AvgIpc) is 3.18. The van der Waals surface area contributed by atoms with Gasteiger partial charge in [0.25, 0.3) is 0 Å². The van der Waals surface area contributed by atoms with Gasteiger partial charge < -0.3 is 10.6 Å². The second-order valence-corrected chi connectivity index (χ2v) is 5.61. The van der Waals surface area contributed by atoms with E-state index >= 15 is 0 Å². The smallest absolute Gasteiger partial charge is 0.128 e. The van der Waals surface area contributed by atoms with Gasteiger partial charge in [-0.25, -0.2) is 0 Å². The van der Waals surface area contributed by atoms with E-state index in [0.717, 1.165) is 25.3 Å². The monoisotopic (exact) mass is 272 g/mol. The van der Waals surface area contributed by atoms with E-state index < -0.39 is 0 Å². The van der Waals surface area contributed by atoms with Crippen molar-refractivity contribution in [3.8, 4) is 0 Å².